The van der Waals surface area contributed by atoms with Crippen LogP contribution < -0.4 is 0 Å². The molecule has 4 rings (SSSR count). The summed E-state index contributed by atoms with van der Waals surface area (Å²) in [5.74, 6) is 0. The molecule has 0 radical (unpaired) electrons. The second kappa shape index (κ2) is 8.58. The Hall–Kier alpha value is -1.64. The van der Waals surface area contributed by atoms with E-state index < -0.39 is 0 Å². The molecular formula is C25H36N2. The van der Waals surface area contributed by atoms with Crippen LogP contribution in [0.5, 0.6) is 0 Å². The zero-order chi connectivity index (χ0) is 19.4. The highest BCUT2D eigenvalue weighted by molar-refractivity contribution is 5.43. The van der Waals surface area contributed by atoms with E-state index >= 15 is 0 Å². The van der Waals surface area contributed by atoms with Gasteiger partial charge in [-0.05, 0) is 75.5 Å². The molecule has 1 spiro atoms. The van der Waals surface area contributed by atoms with Gasteiger partial charge in [0, 0.05) is 12.1 Å². The number of nitrogens with zero attached hydrogens (tertiary/aromatic N) is 2. The molecule has 0 N–H and O–H groups in total. The maximum Gasteiger partial charge on any atom is 0.0362 e. The Labute approximate surface area is 166 Å². The Balaban J connectivity index is 0.00000102. The van der Waals surface area contributed by atoms with Gasteiger partial charge in [-0.2, -0.15) is 0 Å². The number of benzene rings is 2. The minimum absolute atomic E-state index is 0.387. The van der Waals surface area contributed by atoms with Gasteiger partial charge in [-0.25, -0.2) is 0 Å². The van der Waals surface area contributed by atoms with Gasteiger partial charge in [-0.1, -0.05) is 68.4 Å². The summed E-state index contributed by atoms with van der Waals surface area (Å²) in [7, 11) is 4.57. The van der Waals surface area contributed by atoms with Crippen LogP contribution in [-0.2, 0) is 5.41 Å². The van der Waals surface area contributed by atoms with Crippen molar-refractivity contribution in [1.82, 2.24) is 9.80 Å². The van der Waals surface area contributed by atoms with E-state index in [-0.39, 0.29) is 0 Å². The lowest BCUT2D eigenvalue weighted by Gasteiger charge is -2.40. The number of fused-ring (bicyclic) bond motifs is 2. The summed E-state index contributed by atoms with van der Waals surface area (Å²) in [5.41, 5.74) is 4.99. The average Bonchev–Trinajstić information content (AvgIpc) is 3.06. The van der Waals surface area contributed by atoms with E-state index in [2.05, 4.69) is 85.4 Å². The lowest BCUT2D eigenvalue weighted by Crippen LogP contribution is -2.40. The number of likely N-dealkylation sites (tertiary alicyclic amines) is 1. The van der Waals surface area contributed by atoms with Crippen LogP contribution in [0.4, 0.5) is 0 Å². The summed E-state index contributed by atoms with van der Waals surface area (Å²) in [6.45, 7) is 8.79. The summed E-state index contributed by atoms with van der Waals surface area (Å²) >= 11 is 0. The molecule has 146 valence electrons. The minimum atomic E-state index is 0.387. The van der Waals surface area contributed by atoms with Gasteiger partial charge in [-0.15, -0.1) is 0 Å². The van der Waals surface area contributed by atoms with Gasteiger partial charge >= 0.3 is 0 Å². The summed E-state index contributed by atoms with van der Waals surface area (Å²) in [4.78, 5) is 5.08. The molecule has 27 heavy (non-hydrogen) atoms. The fraction of sp³-hybridized carbons (Fsp3) is 0.520. The van der Waals surface area contributed by atoms with Crippen LogP contribution in [0, 0.1) is 0 Å². The van der Waals surface area contributed by atoms with Crippen molar-refractivity contribution >= 4 is 0 Å². The van der Waals surface area contributed by atoms with E-state index in [1.54, 1.807) is 11.1 Å². The molecule has 1 aliphatic carbocycles. The first-order valence-corrected chi connectivity index (χ1v) is 10.7. The Kier molecular flexibility index (Phi) is 6.39. The zero-order valence-electron chi connectivity index (χ0n) is 17.8. The van der Waals surface area contributed by atoms with Crippen LogP contribution in [0.3, 0.4) is 0 Å². The summed E-state index contributed by atoms with van der Waals surface area (Å²) in [6, 6.07) is 21.1. The maximum absolute atomic E-state index is 2.60. The second-order valence-corrected chi connectivity index (χ2v) is 8.14. The lowest BCUT2D eigenvalue weighted by atomic mass is 9.73. The summed E-state index contributed by atoms with van der Waals surface area (Å²) < 4.78 is 0. The fourth-order valence-electron chi connectivity index (χ4n) is 4.98. The number of hydrogen-bond acceptors (Lipinski definition) is 2. The molecule has 0 saturated carbocycles. The van der Waals surface area contributed by atoms with Crippen molar-refractivity contribution in [3.05, 3.63) is 71.3 Å². The largest absolute Gasteiger partial charge is 0.306 e. The van der Waals surface area contributed by atoms with Crippen LogP contribution in [0.2, 0.25) is 0 Å². The van der Waals surface area contributed by atoms with Crippen molar-refractivity contribution in [3.8, 4) is 0 Å². The molecule has 1 heterocycles. The summed E-state index contributed by atoms with van der Waals surface area (Å²) in [5, 5.41) is 0. The quantitative estimate of drug-likeness (QED) is 0.677. The van der Waals surface area contributed by atoms with Crippen LogP contribution in [0.1, 0.15) is 68.8 Å². The third-order valence-corrected chi connectivity index (χ3v) is 6.80. The molecule has 1 saturated heterocycles. The van der Waals surface area contributed by atoms with Crippen molar-refractivity contribution < 1.29 is 0 Å². The summed E-state index contributed by atoms with van der Waals surface area (Å²) in [6.07, 6.45) is 3.86. The lowest BCUT2D eigenvalue weighted by molar-refractivity contribution is 0.131. The van der Waals surface area contributed by atoms with E-state index in [9.17, 15) is 0 Å². The predicted octanol–water partition coefficient (Wildman–Crippen LogP) is 5.81. The molecule has 0 amide bonds. The molecule has 2 aromatic carbocycles. The van der Waals surface area contributed by atoms with Crippen molar-refractivity contribution in [3.63, 3.8) is 0 Å². The highest BCUT2D eigenvalue weighted by Crippen LogP contribution is 2.53. The van der Waals surface area contributed by atoms with Gasteiger partial charge in [0.25, 0.3) is 0 Å². The Morgan fingerprint density at radius 1 is 0.963 bits per heavy atom. The molecule has 2 atom stereocenters. The molecule has 2 aliphatic rings. The third kappa shape index (κ3) is 3.83. The smallest absolute Gasteiger partial charge is 0.0362 e. The van der Waals surface area contributed by atoms with Gasteiger partial charge in [-0.3, -0.25) is 4.90 Å². The monoisotopic (exact) mass is 364 g/mol. The SMILES string of the molecule is CC.C[C@@H](c1ccccc1)N(C)[C@H]1CC2(CCN(C)CC2)c2ccccc21. The van der Waals surface area contributed by atoms with Gasteiger partial charge in [0.15, 0.2) is 0 Å². The van der Waals surface area contributed by atoms with E-state index in [0.29, 0.717) is 17.5 Å². The van der Waals surface area contributed by atoms with Crippen molar-refractivity contribution in [2.45, 2.75) is 57.5 Å². The maximum atomic E-state index is 2.60. The number of hydrogen-bond donors (Lipinski definition) is 0. The van der Waals surface area contributed by atoms with Crippen LogP contribution in [0.15, 0.2) is 54.6 Å². The van der Waals surface area contributed by atoms with Crippen LogP contribution in [0.25, 0.3) is 0 Å². The van der Waals surface area contributed by atoms with E-state index in [0.717, 1.165) is 0 Å². The van der Waals surface area contributed by atoms with E-state index in [4.69, 9.17) is 0 Å². The van der Waals surface area contributed by atoms with Crippen molar-refractivity contribution in [1.29, 1.82) is 0 Å². The first kappa shape index (κ1) is 20.1. The Morgan fingerprint density at radius 2 is 1.56 bits per heavy atom. The highest BCUT2D eigenvalue weighted by atomic mass is 15.2. The first-order chi connectivity index (χ1) is 13.1. The average molecular weight is 365 g/mol. The van der Waals surface area contributed by atoms with Gasteiger partial charge < -0.3 is 4.90 Å². The molecule has 0 aromatic heterocycles. The molecule has 1 fully saturated rings. The van der Waals surface area contributed by atoms with E-state index in [1.165, 1.54) is 37.9 Å². The van der Waals surface area contributed by atoms with Gasteiger partial charge in [0.2, 0.25) is 0 Å². The molecule has 2 aromatic rings. The molecular weight excluding hydrogens is 328 g/mol. The Morgan fingerprint density at radius 3 is 2.22 bits per heavy atom. The van der Waals surface area contributed by atoms with E-state index in [1.807, 2.05) is 13.8 Å². The van der Waals surface area contributed by atoms with Gasteiger partial charge in [0.05, 0.1) is 0 Å². The first-order valence-electron chi connectivity index (χ1n) is 10.7. The van der Waals surface area contributed by atoms with Crippen LogP contribution in [-0.4, -0.2) is 37.0 Å². The van der Waals surface area contributed by atoms with Gasteiger partial charge in [0.1, 0.15) is 0 Å². The molecule has 2 nitrogen and oxygen atoms in total. The predicted molar refractivity (Wildman–Crippen MR) is 116 cm³/mol. The zero-order valence-corrected chi connectivity index (χ0v) is 17.8. The highest BCUT2D eigenvalue weighted by Gasteiger charge is 2.46. The molecule has 0 unspecified atom stereocenters. The number of rotatable bonds is 3. The molecule has 1 aliphatic heterocycles. The normalized spacial score (nSPS) is 22.2. The second-order valence-electron chi connectivity index (χ2n) is 8.14. The standard InChI is InChI=1S/C23H30N2.C2H6/c1-18(19-9-5-4-6-10-19)25(3)22-17-23(13-15-24(2)16-14-23)21-12-8-7-11-20(21)22;1-2/h4-12,18,22H,13-17H2,1-3H3;1-2H3/t18-,22-;/m0./s1. The Bertz CT molecular complexity index is 716. The molecule has 0 bridgehead atoms. The van der Waals surface area contributed by atoms with Crippen LogP contribution >= 0.6 is 0 Å². The van der Waals surface area contributed by atoms with Crippen molar-refractivity contribution in [2.24, 2.45) is 0 Å². The third-order valence-electron chi connectivity index (χ3n) is 6.80. The fourth-order valence-corrected chi connectivity index (χ4v) is 4.98. The topological polar surface area (TPSA) is 6.48 Å². The molecule has 2 heteroatoms. The van der Waals surface area contributed by atoms with Crippen molar-refractivity contribution in [2.75, 3.05) is 27.2 Å². The minimum Gasteiger partial charge on any atom is -0.306 e. The number of piperidine rings is 1.